The summed E-state index contributed by atoms with van der Waals surface area (Å²) in [7, 11) is -4.67. The molecule has 1 rings (SSSR count). The molecule has 0 spiro atoms. The van der Waals surface area contributed by atoms with Crippen LogP contribution < -0.4 is 5.73 Å². The van der Waals surface area contributed by atoms with E-state index in [1.54, 1.807) is 6.20 Å². The van der Waals surface area contributed by atoms with Crippen LogP contribution in [-0.2, 0) is 10.4 Å². The van der Waals surface area contributed by atoms with Gasteiger partial charge in [-0.3, -0.25) is 9.11 Å². The van der Waals surface area contributed by atoms with Crippen molar-refractivity contribution in [2.24, 2.45) is 0 Å². The van der Waals surface area contributed by atoms with Gasteiger partial charge in [-0.15, -0.1) is 11.3 Å². The Morgan fingerprint density at radius 3 is 2.09 bits per heavy atom. The fourth-order valence-electron chi connectivity index (χ4n) is 0.234. The van der Waals surface area contributed by atoms with Crippen molar-refractivity contribution in [3.05, 3.63) is 11.6 Å². The number of nitrogens with zero attached hydrogens (tertiary/aromatic N) is 1. The highest BCUT2D eigenvalue weighted by molar-refractivity contribution is 7.79. The molecule has 0 radical (unpaired) electrons. The summed E-state index contributed by atoms with van der Waals surface area (Å²) in [5.74, 6) is 0. The number of nitrogens with two attached hydrogens (primary N) is 1. The highest BCUT2D eigenvalue weighted by Crippen LogP contribution is 2.02. The summed E-state index contributed by atoms with van der Waals surface area (Å²) in [6, 6.07) is 0. The van der Waals surface area contributed by atoms with Crippen LogP contribution in [0.3, 0.4) is 0 Å². The van der Waals surface area contributed by atoms with Crippen molar-refractivity contribution in [3.63, 3.8) is 0 Å². The van der Waals surface area contributed by atoms with E-state index in [0.717, 1.165) is 0 Å². The smallest absolute Gasteiger partial charge is 0.375 e. The molecule has 0 atom stereocenters. The maximum absolute atomic E-state index is 8.74. The van der Waals surface area contributed by atoms with E-state index in [1.165, 1.54) is 11.3 Å². The lowest BCUT2D eigenvalue weighted by Crippen LogP contribution is -1.89. The van der Waals surface area contributed by atoms with Gasteiger partial charge in [0.25, 0.3) is 0 Å². The van der Waals surface area contributed by atoms with E-state index in [0.29, 0.717) is 5.13 Å². The summed E-state index contributed by atoms with van der Waals surface area (Å²) in [4.78, 5) is 3.71. The zero-order valence-electron chi connectivity index (χ0n) is 5.21. The Morgan fingerprint density at radius 2 is 2.00 bits per heavy atom. The zero-order chi connectivity index (χ0) is 8.91. The van der Waals surface area contributed by atoms with E-state index < -0.39 is 10.4 Å². The fraction of sp³-hybridized carbons (Fsp3) is 0. The first-order valence-corrected chi connectivity index (χ1v) is 4.52. The highest BCUT2D eigenvalue weighted by Gasteiger charge is 1.84. The number of thiazole rings is 1. The largest absolute Gasteiger partial charge is 0.394 e. The van der Waals surface area contributed by atoms with Crippen molar-refractivity contribution in [2.75, 3.05) is 5.73 Å². The van der Waals surface area contributed by atoms with Gasteiger partial charge in [-0.1, -0.05) is 0 Å². The van der Waals surface area contributed by atoms with Gasteiger partial charge >= 0.3 is 10.4 Å². The summed E-state index contributed by atoms with van der Waals surface area (Å²) in [6.45, 7) is 0. The average Bonchev–Trinajstić information content (AvgIpc) is 2.12. The van der Waals surface area contributed by atoms with Crippen LogP contribution in [0.25, 0.3) is 0 Å². The Morgan fingerprint density at radius 1 is 1.55 bits per heavy atom. The van der Waals surface area contributed by atoms with E-state index in [9.17, 15) is 0 Å². The first-order valence-electron chi connectivity index (χ1n) is 2.24. The molecule has 6 nitrogen and oxygen atoms in total. The van der Waals surface area contributed by atoms with Gasteiger partial charge in [0.2, 0.25) is 0 Å². The number of hydrogen-bond acceptors (Lipinski definition) is 5. The van der Waals surface area contributed by atoms with Crippen LogP contribution in [0.15, 0.2) is 11.6 Å². The van der Waals surface area contributed by atoms with Crippen molar-refractivity contribution >= 4 is 26.9 Å². The molecule has 0 bridgehead atoms. The third kappa shape index (κ3) is 12.5. The summed E-state index contributed by atoms with van der Waals surface area (Å²) < 4.78 is 31.6. The van der Waals surface area contributed by atoms with Crippen LogP contribution in [0.2, 0.25) is 0 Å². The predicted molar refractivity (Wildman–Crippen MR) is 40.7 cm³/mol. The molecule has 0 aliphatic heterocycles. The molecule has 0 unspecified atom stereocenters. The second-order valence-electron chi connectivity index (χ2n) is 1.32. The van der Waals surface area contributed by atoms with Gasteiger partial charge in [0.15, 0.2) is 5.13 Å². The molecule has 0 aliphatic rings. The van der Waals surface area contributed by atoms with E-state index in [2.05, 4.69) is 4.98 Å². The molecule has 0 amide bonds. The molecule has 0 fully saturated rings. The van der Waals surface area contributed by atoms with Crippen LogP contribution in [-0.4, -0.2) is 22.5 Å². The molecule has 0 aliphatic carbocycles. The molecule has 0 aromatic carbocycles. The minimum Gasteiger partial charge on any atom is -0.375 e. The maximum Gasteiger partial charge on any atom is 0.394 e. The SMILES string of the molecule is Nc1nccs1.O=S(=O)(O)O. The van der Waals surface area contributed by atoms with E-state index >= 15 is 0 Å². The Bertz CT molecular complexity index is 270. The second kappa shape index (κ2) is 4.23. The molecule has 1 aromatic rings. The van der Waals surface area contributed by atoms with Gasteiger partial charge in [0.1, 0.15) is 0 Å². The van der Waals surface area contributed by atoms with Crippen LogP contribution in [0.4, 0.5) is 5.13 Å². The van der Waals surface area contributed by atoms with Gasteiger partial charge < -0.3 is 5.73 Å². The molecule has 0 saturated heterocycles. The van der Waals surface area contributed by atoms with E-state index in [1.807, 2.05) is 5.38 Å². The number of hydrogen-bond donors (Lipinski definition) is 3. The minimum atomic E-state index is -4.67. The lowest BCUT2D eigenvalue weighted by atomic mass is 11.0. The average molecular weight is 198 g/mol. The first kappa shape index (κ1) is 10.3. The molecule has 1 aromatic heterocycles. The maximum atomic E-state index is 8.74. The lowest BCUT2D eigenvalue weighted by molar-refractivity contribution is 0.381. The van der Waals surface area contributed by atoms with Crippen molar-refractivity contribution in [3.8, 4) is 0 Å². The van der Waals surface area contributed by atoms with Gasteiger partial charge in [-0.25, -0.2) is 4.98 Å². The molecule has 64 valence electrons. The van der Waals surface area contributed by atoms with Gasteiger partial charge in [-0.05, 0) is 0 Å². The van der Waals surface area contributed by atoms with Crippen molar-refractivity contribution in [2.45, 2.75) is 0 Å². The van der Waals surface area contributed by atoms with Crippen molar-refractivity contribution < 1.29 is 17.5 Å². The normalized spacial score (nSPS) is 10.0. The second-order valence-corrected chi connectivity index (χ2v) is 3.14. The van der Waals surface area contributed by atoms with Gasteiger partial charge in [0, 0.05) is 11.6 Å². The topological polar surface area (TPSA) is 114 Å². The van der Waals surface area contributed by atoms with Crippen molar-refractivity contribution in [1.29, 1.82) is 0 Å². The van der Waals surface area contributed by atoms with Crippen molar-refractivity contribution in [1.82, 2.24) is 4.98 Å². The summed E-state index contributed by atoms with van der Waals surface area (Å²) in [5.41, 5.74) is 5.19. The molecular formula is C3H6N2O4S2. The number of nitrogen functional groups attached to an aromatic ring is 1. The quantitative estimate of drug-likeness (QED) is 0.508. The molecule has 4 N–H and O–H groups in total. The first-order chi connectivity index (χ1) is 4.89. The van der Waals surface area contributed by atoms with Gasteiger partial charge in [-0.2, -0.15) is 8.42 Å². The molecule has 11 heavy (non-hydrogen) atoms. The monoisotopic (exact) mass is 198 g/mol. The zero-order valence-corrected chi connectivity index (χ0v) is 6.84. The number of rotatable bonds is 0. The highest BCUT2D eigenvalue weighted by atomic mass is 32.3. The Labute approximate surface area is 67.3 Å². The summed E-state index contributed by atoms with van der Waals surface area (Å²) in [5, 5.41) is 2.48. The van der Waals surface area contributed by atoms with Crippen LogP contribution in [0.5, 0.6) is 0 Å². The molecular weight excluding hydrogens is 192 g/mol. The Balaban J connectivity index is 0.000000187. The van der Waals surface area contributed by atoms with E-state index in [4.69, 9.17) is 23.3 Å². The Hall–Kier alpha value is -0.700. The summed E-state index contributed by atoms with van der Waals surface area (Å²) >= 11 is 1.44. The lowest BCUT2D eigenvalue weighted by Gasteiger charge is -1.68. The third-order valence-electron chi connectivity index (χ3n) is 0.451. The Kier molecular flexibility index (Phi) is 3.97. The van der Waals surface area contributed by atoms with Crippen LogP contribution in [0.1, 0.15) is 0 Å². The molecule has 0 saturated carbocycles. The van der Waals surface area contributed by atoms with Crippen LogP contribution in [0, 0.1) is 0 Å². The minimum absolute atomic E-state index is 0.634. The third-order valence-corrected chi connectivity index (χ3v) is 1.06. The molecule has 1 heterocycles. The fourth-order valence-corrected chi connectivity index (χ4v) is 0.617. The predicted octanol–water partition coefficient (Wildman–Crippen LogP) is 0.0725. The standard InChI is InChI=1S/C3H4N2S.H2O4S/c4-3-5-1-2-6-3;1-5(2,3)4/h1-2H,(H2,4,5);(H2,1,2,3,4). The van der Waals surface area contributed by atoms with E-state index in [-0.39, 0.29) is 0 Å². The summed E-state index contributed by atoms with van der Waals surface area (Å²) in [6.07, 6.45) is 1.68. The van der Waals surface area contributed by atoms with Crippen LogP contribution >= 0.6 is 11.3 Å². The number of anilines is 1. The number of aromatic nitrogens is 1. The molecule has 8 heteroatoms. The van der Waals surface area contributed by atoms with Gasteiger partial charge in [0.05, 0.1) is 0 Å².